The highest BCUT2D eigenvalue weighted by atomic mass is 35.5. The molecule has 0 bridgehead atoms. The quantitative estimate of drug-likeness (QED) is 0.407. The van der Waals surface area contributed by atoms with Crippen LogP contribution in [0, 0.1) is 33.7 Å². The molecule has 8 nitrogen and oxygen atoms in total. The van der Waals surface area contributed by atoms with E-state index in [0.29, 0.717) is 34.9 Å². The minimum Gasteiger partial charge on any atom is -0.487 e. The summed E-state index contributed by atoms with van der Waals surface area (Å²) in [6.45, 7) is 2.67. The Kier molecular flexibility index (Phi) is 5.30. The summed E-state index contributed by atoms with van der Waals surface area (Å²) in [4.78, 5) is 22.0. The van der Waals surface area contributed by atoms with E-state index in [9.17, 15) is 14.5 Å². The predicted molar refractivity (Wildman–Crippen MR) is 119 cm³/mol. The topological polar surface area (TPSA) is 93.4 Å². The summed E-state index contributed by atoms with van der Waals surface area (Å²) in [5, 5.41) is 15.2. The zero-order valence-corrected chi connectivity index (χ0v) is 18.1. The first kappa shape index (κ1) is 20.8. The Bertz CT molecular complexity index is 1200. The van der Waals surface area contributed by atoms with Gasteiger partial charge in [-0.1, -0.05) is 11.6 Å². The molecule has 1 aliphatic heterocycles. The number of benzene rings is 2. The van der Waals surface area contributed by atoms with Gasteiger partial charge < -0.3 is 15.0 Å². The molecule has 2 aromatic carbocycles. The molecule has 2 fully saturated rings. The average Bonchev–Trinajstić information content (AvgIpc) is 3.21. The number of rotatable bonds is 7. The largest absolute Gasteiger partial charge is 0.487 e. The first-order valence-corrected chi connectivity index (χ1v) is 10.7. The lowest BCUT2D eigenvalue weighted by Crippen LogP contribution is -2.19. The van der Waals surface area contributed by atoms with Gasteiger partial charge in [0.2, 0.25) is 0 Å². The fourth-order valence-electron chi connectivity index (χ4n) is 4.73. The van der Waals surface area contributed by atoms with Crippen molar-refractivity contribution in [2.45, 2.75) is 6.42 Å². The van der Waals surface area contributed by atoms with E-state index < -0.39 is 10.7 Å². The molecule has 3 aromatic rings. The molecule has 0 radical (unpaired) electrons. The van der Waals surface area contributed by atoms with E-state index in [1.54, 1.807) is 6.07 Å². The third kappa shape index (κ3) is 3.93. The van der Waals surface area contributed by atoms with Crippen LogP contribution in [0.3, 0.4) is 0 Å². The first-order valence-electron chi connectivity index (χ1n) is 10.4. The standard InChI is InChI=1S/C22H21ClFN5O3/c1-28-9-15-13(16(15)10-28)4-5-32-21-8-19-14(7-20(21)29(30)31)22(26-11-25-19)27-12-2-3-18(24)17(23)6-12/h2-3,6-8,11,13,15-16H,4-5,9-10H2,1H3,(H,25,26,27)/t13?,15-,16?/m1/s1. The van der Waals surface area contributed by atoms with Crippen molar-refractivity contribution in [2.75, 3.05) is 32.1 Å². The number of nitro benzene ring substituents is 1. The first-order chi connectivity index (χ1) is 15.4. The Labute approximate surface area is 188 Å². The highest BCUT2D eigenvalue weighted by molar-refractivity contribution is 6.31. The second-order valence-corrected chi connectivity index (χ2v) is 8.83. The van der Waals surface area contributed by atoms with Gasteiger partial charge in [0, 0.05) is 30.9 Å². The van der Waals surface area contributed by atoms with Gasteiger partial charge in [0.25, 0.3) is 0 Å². The van der Waals surface area contributed by atoms with E-state index in [4.69, 9.17) is 16.3 Å². The molecule has 2 unspecified atom stereocenters. The molecule has 1 saturated carbocycles. The lowest BCUT2D eigenvalue weighted by atomic mass is 10.2. The van der Waals surface area contributed by atoms with Gasteiger partial charge in [0.1, 0.15) is 18.0 Å². The van der Waals surface area contributed by atoms with Crippen LogP contribution in [-0.4, -0.2) is 46.5 Å². The molecule has 10 heteroatoms. The number of anilines is 2. The number of hydrogen-bond acceptors (Lipinski definition) is 7. The van der Waals surface area contributed by atoms with Crippen LogP contribution in [0.1, 0.15) is 6.42 Å². The van der Waals surface area contributed by atoms with Crippen LogP contribution < -0.4 is 10.1 Å². The monoisotopic (exact) mass is 457 g/mol. The molecule has 0 amide bonds. The molecular weight excluding hydrogens is 437 g/mol. The third-order valence-corrected chi connectivity index (χ3v) is 6.65. The number of fused-ring (bicyclic) bond motifs is 2. The Morgan fingerprint density at radius 1 is 1.28 bits per heavy atom. The average molecular weight is 458 g/mol. The van der Waals surface area contributed by atoms with E-state index in [-0.39, 0.29) is 16.5 Å². The van der Waals surface area contributed by atoms with Crippen LogP contribution in [-0.2, 0) is 0 Å². The molecule has 1 aliphatic carbocycles. The molecule has 2 aliphatic rings. The van der Waals surface area contributed by atoms with E-state index in [1.165, 1.54) is 30.6 Å². The van der Waals surface area contributed by atoms with Crippen molar-refractivity contribution in [3.8, 4) is 5.75 Å². The van der Waals surface area contributed by atoms with Gasteiger partial charge in [-0.05, 0) is 49.4 Å². The van der Waals surface area contributed by atoms with Crippen molar-refractivity contribution in [1.29, 1.82) is 0 Å². The highest BCUT2D eigenvalue weighted by Gasteiger charge is 2.53. The fraction of sp³-hybridized carbons (Fsp3) is 0.364. The normalized spacial score (nSPS) is 22.0. The molecule has 1 aromatic heterocycles. The second-order valence-electron chi connectivity index (χ2n) is 8.42. The van der Waals surface area contributed by atoms with Crippen molar-refractivity contribution in [1.82, 2.24) is 14.9 Å². The van der Waals surface area contributed by atoms with Gasteiger partial charge >= 0.3 is 5.69 Å². The van der Waals surface area contributed by atoms with Crippen LogP contribution in [0.2, 0.25) is 5.02 Å². The van der Waals surface area contributed by atoms with Crippen LogP contribution in [0.4, 0.5) is 21.6 Å². The van der Waals surface area contributed by atoms with Gasteiger partial charge in [0.15, 0.2) is 5.75 Å². The number of halogens is 2. The Morgan fingerprint density at radius 2 is 2.06 bits per heavy atom. The molecule has 1 saturated heterocycles. The van der Waals surface area contributed by atoms with Gasteiger partial charge in [-0.15, -0.1) is 0 Å². The van der Waals surface area contributed by atoms with Crippen molar-refractivity contribution >= 4 is 39.7 Å². The fourth-order valence-corrected chi connectivity index (χ4v) is 4.91. The van der Waals surface area contributed by atoms with E-state index in [0.717, 1.165) is 31.3 Å². The number of nitrogens with one attached hydrogen (secondary N) is 1. The minimum absolute atomic E-state index is 0.0403. The molecule has 1 N–H and O–H groups in total. The number of ether oxygens (including phenoxy) is 1. The van der Waals surface area contributed by atoms with E-state index >= 15 is 0 Å². The van der Waals surface area contributed by atoms with Crippen LogP contribution in [0.15, 0.2) is 36.7 Å². The molecular formula is C22H21ClFN5O3. The maximum absolute atomic E-state index is 13.4. The molecule has 2 heterocycles. The van der Waals surface area contributed by atoms with E-state index in [1.807, 2.05) is 0 Å². The van der Waals surface area contributed by atoms with Gasteiger partial charge in [-0.25, -0.2) is 14.4 Å². The summed E-state index contributed by atoms with van der Waals surface area (Å²) < 4.78 is 19.3. The number of likely N-dealkylation sites (tertiary alicyclic amines) is 1. The number of hydrogen-bond donors (Lipinski definition) is 1. The summed E-state index contributed by atoms with van der Waals surface area (Å²) >= 11 is 5.84. The Morgan fingerprint density at radius 3 is 2.78 bits per heavy atom. The summed E-state index contributed by atoms with van der Waals surface area (Å²) in [6, 6.07) is 7.13. The van der Waals surface area contributed by atoms with Crippen LogP contribution in [0.25, 0.3) is 10.9 Å². The molecule has 166 valence electrons. The summed E-state index contributed by atoms with van der Waals surface area (Å²) in [5.41, 5.74) is 0.851. The smallest absolute Gasteiger partial charge is 0.311 e. The molecule has 3 atom stereocenters. The van der Waals surface area contributed by atoms with Crippen LogP contribution in [0.5, 0.6) is 5.75 Å². The Hall–Kier alpha value is -3.04. The highest BCUT2D eigenvalue weighted by Crippen LogP contribution is 2.53. The third-order valence-electron chi connectivity index (χ3n) is 6.36. The second kappa shape index (κ2) is 8.14. The maximum atomic E-state index is 13.4. The molecule has 0 spiro atoms. The summed E-state index contributed by atoms with van der Waals surface area (Å²) in [5.74, 6) is 2.12. The lowest BCUT2D eigenvalue weighted by molar-refractivity contribution is -0.385. The Balaban J connectivity index is 1.37. The maximum Gasteiger partial charge on any atom is 0.311 e. The van der Waals surface area contributed by atoms with Gasteiger partial charge in [0.05, 0.1) is 27.5 Å². The number of aromatic nitrogens is 2. The van der Waals surface area contributed by atoms with Crippen molar-refractivity contribution < 1.29 is 14.1 Å². The number of nitrogens with zero attached hydrogens (tertiary/aromatic N) is 4. The minimum atomic E-state index is -0.538. The van der Waals surface area contributed by atoms with E-state index in [2.05, 4.69) is 27.2 Å². The lowest BCUT2D eigenvalue weighted by Gasteiger charge is -2.13. The molecule has 5 rings (SSSR count). The van der Waals surface area contributed by atoms with Crippen LogP contribution >= 0.6 is 11.6 Å². The van der Waals surface area contributed by atoms with Crippen molar-refractivity contribution in [3.63, 3.8) is 0 Å². The van der Waals surface area contributed by atoms with Gasteiger partial charge in [-0.2, -0.15) is 0 Å². The predicted octanol–water partition coefficient (Wildman–Crippen LogP) is 4.65. The molecule has 32 heavy (non-hydrogen) atoms. The zero-order valence-electron chi connectivity index (χ0n) is 17.3. The SMILES string of the molecule is CN1CC2C(CCOc3cc4ncnc(Nc5ccc(F)c(Cl)c5)c4cc3[N+](=O)[O-])[C@H]2C1. The summed E-state index contributed by atoms with van der Waals surface area (Å²) in [6.07, 6.45) is 2.24. The van der Waals surface area contributed by atoms with Gasteiger partial charge in [-0.3, -0.25) is 10.1 Å². The zero-order chi connectivity index (χ0) is 22.4. The summed E-state index contributed by atoms with van der Waals surface area (Å²) in [7, 11) is 2.13. The number of nitro groups is 1. The number of piperidine rings is 1. The van der Waals surface area contributed by atoms with Crippen molar-refractivity contribution in [3.05, 3.63) is 57.6 Å². The van der Waals surface area contributed by atoms with Crippen molar-refractivity contribution in [2.24, 2.45) is 17.8 Å².